The normalized spacial score (nSPS) is 10.5. The van der Waals surface area contributed by atoms with Crippen LogP contribution < -0.4 is 0 Å². The van der Waals surface area contributed by atoms with Crippen LogP contribution in [0.2, 0.25) is 10.0 Å². The van der Waals surface area contributed by atoms with Crippen LogP contribution in [0.5, 0.6) is 0 Å². The van der Waals surface area contributed by atoms with E-state index in [1.54, 1.807) is 0 Å². The Labute approximate surface area is 117 Å². The van der Waals surface area contributed by atoms with E-state index in [0.29, 0.717) is 0 Å². The number of carboxylic acid groups (broad SMARTS) is 1. The third kappa shape index (κ3) is 2.55. The molecule has 2 rings (SSSR count). The first-order chi connectivity index (χ1) is 8.91. The van der Waals surface area contributed by atoms with Gasteiger partial charge in [0.25, 0.3) is 0 Å². The molecule has 0 saturated carbocycles. The summed E-state index contributed by atoms with van der Waals surface area (Å²) in [4.78, 5) is 10.9. The number of hydrogen-bond donors (Lipinski definition) is 1. The van der Waals surface area contributed by atoms with Gasteiger partial charge in [0.2, 0.25) is 0 Å². The summed E-state index contributed by atoms with van der Waals surface area (Å²) in [5.41, 5.74) is -0.322. The Morgan fingerprint density at radius 2 is 1.68 bits per heavy atom. The minimum Gasteiger partial charge on any atom is -0.478 e. The molecule has 0 fully saturated rings. The summed E-state index contributed by atoms with van der Waals surface area (Å²) in [6, 6.07) is 5.77. The molecule has 0 amide bonds. The van der Waals surface area contributed by atoms with Crippen molar-refractivity contribution in [1.29, 1.82) is 0 Å². The van der Waals surface area contributed by atoms with E-state index in [0.717, 1.165) is 12.1 Å². The van der Waals surface area contributed by atoms with Crippen LogP contribution in [0.1, 0.15) is 10.4 Å². The Morgan fingerprint density at radius 3 is 2.32 bits per heavy atom. The molecule has 2 aromatic rings. The largest absolute Gasteiger partial charge is 0.478 e. The molecule has 2 aromatic carbocycles. The maximum Gasteiger partial charge on any atom is 0.335 e. The summed E-state index contributed by atoms with van der Waals surface area (Å²) in [5.74, 6) is -3.46. The van der Waals surface area contributed by atoms with E-state index in [1.807, 2.05) is 0 Å². The monoisotopic (exact) mass is 302 g/mol. The molecule has 2 nitrogen and oxygen atoms in total. The molecular weight excluding hydrogens is 297 g/mol. The summed E-state index contributed by atoms with van der Waals surface area (Å²) < 4.78 is 27.0. The molecule has 0 unspecified atom stereocenters. The third-order valence-electron chi connectivity index (χ3n) is 2.53. The van der Waals surface area contributed by atoms with Gasteiger partial charge in [-0.3, -0.25) is 0 Å². The van der Waals surface area contributed by atoms with Crippen molar-refractivity contribution in [1.82, 2.24) is 0 Å². The van der Waals surface area contributed by atoms with Gasteiger partial charge in [-0.15, -0.1) is 0 Å². The fourth-order valence-electron chi connectivity index (χ4n) is 1.62. The molecule has 0 aliphatic heterocycles. The molecule has 6 heteroatoms. The van der Waals surface area contributed by atoms with Gasteiger partial charge in [0.15, 0.2) is 11.6 Å². The van der Waals surface area contributed by atoms with Crippen molar-refractivity contribution in [2.75, 3.05) is 0 Å². The van der Waals surface area contributed by atoms with Crippen molar-refractivity contribution in [2.24, 2.45) is 0 Å². The van der Waals surface area contributed by atoms with Crippen LogP contribution in [-0.2, 0) is 0 Å². The number of rotatable bonds is 2. The van der Waals surface area contributed by atoms with Crippen molar-refractivity contribution in [3.05, 3.63) is 57.6 Å². The lowest BCUT2D eigenvalue weighted by molar-refractivity contribution is 0.0697. The molecule has 0 spiro atoms. The summed E-state index contributed by atoms with van der Waals surface area (Å²) in [6.45, 7) is 0. The highest BCUT2D eigenvalue weighted by atomic mass is 35.5. The molecule has 0 saturated heterocycles. The lowest BCUT2D eigenvalue weighted by Crippen LogP contribution is -1.98. The first kappa shape index (κ1) is 13.8. The van der Waals surface area contributed by atoms with Crippen molar-refractivity contribution >= 4 is 29.2 Å². The number of benzene rings is 2. The van der Waals surface area contributed by atoms with Gasteiger partial charge in [-0.25, -0.2) is 13.6 Å². The molecule has 0 aromatic heterocycles. The molecular formula is C13H6Cl2F2O2. The quantitative estimate of drug-likeness (QED) is 0.821. The average molecular weight is 303 g/mol. The van der Waals surface area contributed by atoms with Crippen LogP contribution in [0.25, 0.3) is 11.1 Å². The molecule has 0 radical (unpaired) electrons. The van der Waals surface area contributed by atoms with Crippen LogP contribution in [-0.4, -0.2) is 11.1 Å². The first-order valence-corrected chi connectivity index (χ1v) is 5.84. The standard InChI is InChI=1S/C13H6Cl2F2O2/c14-8-2-1-6(13(18)19)5-7(8)11-9(15)3-4-10(16)12(11)17/h1-5H,(H,18,19). The molecule has 19 heavy (non-hydrogen) atoms. The lowest BCUT2D eigenvalue weighted by atomic mass is 10.0. The molecule has 0 aliphatic carbocycles. The van der Waals surface area contributed by atoms with Crippen LogP contribution in [0.3, 0.4) is 0 Å². The number of hydrogen-bond acceptors (Lipinski definition) is 1. The van der Waals surface area contributed by atoms with E-state index in [2.05, 4.69) is 0 Å². The second kappa shape index (κ2) is 5.15. The van der Waals surface area contributed by atoms with Gasteiger partial charge < -0.3 is 5.11 Å². The van der Waals surface area contributed by atoms with Gasteiger partial charge in [0.05, 0.1) is 10.6 Å². The summed E-state index contributed by atoms with van der Waals surface area (Å²) in [5, 5.41) is 8.92. The molecule has 0 aliphatic rings. The molecule has 0 atom stereocenters. The maximum atomic E-state index is 13.8. The van der Waals surface area contributed by atoms with Crippen LogP contribution in [0.4, 0.5) is 8.78 Å². The van der Waals surface area contributed by atoms with E-state index in [-0.39, 0.29) is 26.7 Å². The summed E-state index contributed by atoms with van der Waals surface area (Å²) in [7, 11) is 0. The van der Waals surface area contributed by atoms with Gasteiger partial charge in [0, 0.05) is 16.1 Å². The Kier molecular flexibility index (Phi) is 3.73. The van der Waals surface area contributed by atoms with E-state index >= 15 is 0 Å². The molecule has 1 N–H and O–H groups in total. The highest BCUT2D eigenvalue weighted by molar-refractivity contribution is 6.36. The smallest absolute Gasteiger partial charge is 0.335 e. The molecule has 0 heterocycles. The number of carboxylic acids is 1. The highest BCUT2D eigenvalue weighted by Crippen LogP contribution is 2.36. The van der Waals surface area contributed by atoms with Crippen molar-refractivity contribution in [2.45, 2.75) is 0 Å². The fourth-order valence-corrected chi connectivity index (χ4v) is 2.08. The highest BCUT2D eigenvalue weighted by Gasteiger charge is 2.18. The summed E-state index contributed by atoms with van der Waals surface area (Å²) >= 11 is 11.7. The van der Waals surface area contributed by atoms with Crippen molar-refractivity contribution in [3.8, 4) is 11.1 Å². The molecule has 0 bridgehead atoms. The minimum atomic E-state index is -1.20. The predicted molar refractivity (Wildman–Crippen MR) is 68.8 cm³/mol. The number of halogens is 4. The van der Waals surface area contributed by atoms with E-state index in [4.69, 9.17) is 28.3 Å². The Bertz CT molecular complexity index is 672. The number of carbonyl (C=O) groups is 1. The zero-order chi connectivity index (χ0) is 14.2. The lowest BCUT2D eigenvalue weighted by Gasteiger charge is -2.09. The first-order valence-electron chi connectivity index (χ1n) is 5.08. The maximum absolute atomic E-state index is 13.8. The SMILES string of the molecule is O=C(O)c1ccc(Cl)c(-c2c(Cl)ccc(F)c2F)c1. The Balaban J connectivity index is 2.75. The minimum absolute atomic E-state index is 0.0311. The van der Waals surface area contributed by atoms with Gasteiger partial charge in [-0.2, -0.15) is 0 Å². The fraction of sp³-hybridized carbons (Fsp3) is 0. The van der Waals surface area contributed by atoms with Gasteiger partial charge >= 0.3 is 5.97 Å². The van der Waals surface area contributed by atoms with E-state index < -0.39 is 17.6 Å². The van der Waals surface area contributed by atoms with Crippen molar-refractivity contribution in [3.63, 3.8) is 0 Å². The van der Waals surface area contributed by atoms with Gasteiger partial charge in [0.1, 0.15) is 0 Å². The van der Waals surface area contributed by atoms with E-state index in [9.17, 15) is 13.6 Å². The topological polar surface area (TPSA) is 37.3 Å². The predicted octanol–water partition coefficient (Wildman–Crippen LogP) is 4.64. The Morgan fingerprint density at radius 1 is 1.05 bits per heavy atom. The van der Waals surface area contributed by atoms with Crippen LogP contribution in [0.15, 0.2) is 30.3 Å². The summed E-state index contributed by atoms with van der Waals surface area (Å²) in [6.07, 6.45) is 0. The Hall–Kier alpha value is -1.65. The molecule has 98 valence electrons. The van der Waals surface area contributed by atoms with Gasteiger partial charge in [-0.05, 0) is 30.3 Å². The zero-order valence-electron chi connectivity index (χ0n) is 9.25. The van der Waals surface area contributed by atoms with E-state index in [1.165, 1.54) is 18.2 Å². The zero-order valence-corrected chi connectivity index (χ0v) is 10.8. The van der Waals surface area contributed by atoms with Crippen LogP contribution >= 0.6 is 23.2 Å². The third-order valence-corrected chi connectivity index (χ3v) is 3.17. The van der Waals surface area contributed by atoms with Crippen molar-refractivity contribution < 1.29 is 18.7 Å². The van der Waals surface area contributed by atoms with Gasteiger partial charge in [-0.1, -0.05) is 23.2 Å². The number of aromatic carboxylic acids is 1. The van der Waals surface area contributed by atoms with Crippen LogP contribution in [0, 0.1) is 11.6 Å². The average Bonchev–Trinajstić information content (AvgIpc) is 2.36. The second-order valence-electron chi connectivity index (χ2n) is 3.72. The second-order valence-corrected chi connectivity index (χ2v) is 4.53.